The summed E-state index contributed by atoms with van der Waals surface area (Å²) in [6.45, 7) is 0.332. The number of esters is 1. The highest BCUT2D eigenvalue weighted by Crippen LogP contribution is 2.38. The van der Waals surface area contributed by atoms with E-state index < -0.39 is 5.97 Å². The number of methoxy groups -OCH3 is 2. The van der Waals surface area contributed by atoms with E-state index in [4.69, 9.17) is 14.2 Å². The van der Waals surface area contributed by atoms with Gasteiger partial charge in [-0.15, -0.1) is 0 Å². The van der Waals surface area contributed by atoms with Crippen molar-refractivity contribution in [3.05, 3.63) is 47.8 Å². The first-order valence-electron chi connectivity index (χ1n) is 8.85. The predicted octanol–water partition coefficient (Wildman–Crippen LogP) is 2.56. The van der Waals surface area contributed by atoms with Crippen LogP contribution in [0, 0.1) is 0 Å². The molecule has 0 radical (unpaired) electrons. The lowest BCUT2D eigenvalue weighted by atomic mass is 10.0. The SMILES string of the molecule is COc1ccc(OC)c([C@H]2CCCN2C(=O)COC(=O)c2cccn2C)c1. The van der Waals surface area contributed by atoms with Gasteiger partial charge in [-0.3, -0.25) is 4.79 Å². The fourth-order valence-corrected chi connectivity index (χ4v) is 3.45. The lowest BCUT2D eigenvalue weighted by Gasteiger charge is -2.26. The van der Waals surface area contributed by atoms with Crippen LogP contribution in [0.25, 0.3) is 0 Å². The molecule has 2 aromatic rings. The zero-order valence-corrected chi connectivity index (χ0v) is 15.8. The summed E-state index contributed by atoms with van der Waals surface area (Å²) in [5.41, 5.74) is 1.31. The van der Waals surface area contributed by atoms with Crippen molar-refractivity contribution in [2.75, 3.05) is 27.4 Å². The summed E-state index contributed by atoms with van der Waals surface area (Å²) in [7, 11) is 4.96. The highest BCUT2D eigenvalue weighted by molar-refractivity contribution is 5.90. The first kappa shape index (κ1) is 18.8. The summed E-state index contributed by atoms with van der Waals surface area (Å²) in [6.07, 6.45) is 3.45. The van der Waals surface area contributed by atoms with Crippen LogP contribution in [-0.2, 0) is 16.6 Å². The number of hydrogen-bond donors (Lipinski definition) is 0. The van der Waals surface area contributed by atoms with Gasteiger partial charge in [-0.2, -0.15) is 0 Å². The van der Waals surface area contributed by atoms with Crippen molar-refractivity contribution in [1.82, 2.24) is 9.47 Å². The van der Waals surface area contributed by atoms with Crippen LogP contribution in [0.15, 0.2) is 36.5 Å². The van der Waals surface area contributed by atoms with Gasteiger partial charge in [0.05, 0.1) is 20.3 Å². The van der Waals surface area contributed by atoms with E-state index in [9.17, 15) is 9.59 Å². The number of amides is 1. The molecule has 0 unspecified atom stereocenters. The number of carbonyl (C=O) groups is 2. The summed E-state index contributed by atoms with van der Waals surface area (Å²) in [4.78, 5) is 26.6. The average Bonchev–Trinajstić information content (AvgIpc) is 3.34. The molecule has 7 nitrogen and oxygen atoms in total. The molecule has 1 amide bonds. The topological polar surface area (TPSA) is 70.0 Å². The molecule has 1 saturated heterocycles. The van der Waals surface area contributed by atoms with E-state index in [0.29, 0.717) is 23.7 Å². The molecule has 0 aliphatic carbocycles. The molecule has 0 N–H and O–H groups in total. The summed E-state index contributed by atoms with van der Waals surface area (Å²) in [6, 6.07) is 8.84. The number of likely N-dealkylation sites (tertiary alicyclic amines) is 1. The van der Waals surface area contributed by atoms with Gasteiger partial charge < -0.3 is 23.7 Å². The minimum absolute atomic E-state index is 0.128. The van der Waals surface area contributed by atoms with Crippen molar-refractivity contribution in [2.24, 2.45) is 7.05 Å². The van der Waals surface area contributed by atoms with Crippen molar-refractivity contribution in [2.45, 2.75) is 18.9 Å². The van der Waals surface area contributed by atoms with E-state index in [-0.39, 0.29) is 18.6 Å². The Bertz CT molecular complexity index is 830. The minimum atomic E-state index is -0.509. The Morgan fingerprint density at radius 1 is 1.19 bits per heavy atom. The Balaban J connectivity index is 1.71. The number of hydrogen-bond acceptors (Lipinski definition) is 5. The van der Waals surface area contributed by atoms with Crippen LogP contribution in [0.4, 0.5) is 0 Å². The molecule has 0 spiro atoms. The fraction of sp³-hybridized carbons (Fsp3) is 0.400. The number of carbonyl (C=O) groups excluding carboxylic acids is 2. The lowest BCUT2D eigenvalue weighted by Crippen LogP contribution is -2.34. The lowest BCUT2D eigenvalue weighted by molar-refractivity contribution is -0.135. The molecule has 2 heterocycles. The van der Waals surface area contributed by atoms with Crippen molar-refractivity contribution >= 4 is 11.9 Å². The zero-order chi connectivity index (χ0) is 19.4. The molecule has 1 aliphatic heterocycles. The zero-order valence-electron chi connectivity index (χ0n) is 15.8. The van der Waals surface area contributed by atoms with E-state index in [1.807, 2.05) is 18.2 Å². The molecule has 27 heavy (non-hydrogen) atoms. The molecule has 0 saturated carbocycles. The van der Waals surface area contributed by atoms with Crippen LogP contribution in [-0.4, -0.2) is 48.7 Å². The van der Waals surface area contributed by atoms with E-state index in [2.05, 4.69) is 0 Å². The number of aryl methyl sites for hydroxylation is 1. The Labute approximate surface area is 158 Å². The van der Waals surface area contributed by atoms with Crippen molar-refractivity contribution in [3.8, 4) is 11.5 Å². The van der Waals surface area contributed by atoms with Gasteiger partial charge in [-0.05, 0) is 43.2 Å². The van der Waals surface area contributed by atoms with Gasteiger partial charge in [0.2, 0.25) is 0 Å². The van der Waals surface area contributed by atoms with Gasteiger partial charge in [0.15, 0.2) is 6.61 Å². The summed E-state index contributed by atoms with van der Waals surface area (Å²) >= 11 is 0. The third-order valence-electron chi connectivity index (χ3n) is 4.85. The Morgan fingerprint density at radius 3 is 2.67 bits per heavy atom. The summed E-state index contributed by atoms with van der Waals surface area (Å²) in [5.74, 6) is 0.692. The Hall–Kier alpha value is -2.96. The van der Waals surface area contributed by atoms with Gasteiger partial charge in [0, 0.05) is 25.4 Å². The van der Waals surface area contributed by atoms with Gasteiger partial charge >= 0.3 is 5.97 Å². The smallest absolute Gasteiger partial charge is 0.355 e. The molecule has 7 heteroatoms. The van der Waals surface area contributed by atoms with E-state index in [1.54, 1.807) is 49.1 Å². The van der Waals surface area contributed by atoms with Crippen LogP contribution in [0.1, 0.15) is 34.9 Å². The van der Waals surface area contributed by atoms with Crippen LogP contribution >= 0.6 is 0 Å². The summed E-state index contributed by atoms with van der Waals surface area (Å²) in [5, 5.41) is 0. The van der Waals surface area contributed by atoms with E-state index in [1.165, 1.54) is 0 Å². The molecular weight excluding hydrogens is 348 g/mol. The molecule has 3 rings (SSSR count). The highest BCUT2D eigenvalue weighted by atomic mass is 16.5. The fourth-order valence-electron chi connectivity index (χ4n) is 3.45. The van der Waals surface area contributed by atoms with Crippen LogP contribution in [0.3, 0.4) is 0 Å². The van der Waals surface area contributed by atoms with Gasteiger partial charge in [-0.25, -0.2) is 4.79 Å². The second-order valence-electron chi connectivity index (χ2n) is 6.43. The number of rotatable bonds is 6. The summed E-state index contributed by atoms with van der Waals surface area (Å²) < 4.78 is 17.7. The van der Waals surface area contributed by atoms with E-state index >= 15 is 0 Å². The highest BCUT2D eigenvalue weighted by Gasteiger charge is 2.32. The van der Waals surface area contributed by atoms with Crippen LogP contribution < -0.4 is 9.47 Å². The van der Waals surface area contributed by atoms with Crippen molar-refractivity contribution in [3.63, 3.8) is 0 Å². The quantitative estimate of drug-likeness (QED) is 0.729. The third kappa shape index (κ3) is 3.92. The van der Waals surface area contributed by atoms with Gasteiger partial charge in [0.25, 0.3) is 5.91 Å². The van der Waals surface area contributed by atoms with E-state index in [0.717, 1.165) is 18.4 Å². The monoisotopic (exact) mass is 372 g/mol. The second-order valence-corrected chi connectivity index (χ2v) is 6.43. The van der Waals surface area contributed by atoms with Crippen LogP contribution in [0.2, 0.25) is 0 Å². The Morgan fingerprint density at radius 2 is 2.00 bits per heavy atom. The maximum atomic E-state index is 12.7. The third-order valence-corrected chi connectivity index (χ3v) is 4.85. The molecule has 0 bridgehead atoms. The first-order valence-corrected chi connectivity index (χ1v) is 8.85. The van der Waals surface area contributed by atoms with Crippen molar-refractivity contribution in [1.29, 1.82) is 0 Å². The second kappa shape index (κ2) is 8.16. The van der Waals surface area contributed by atoms with Gasteiger partial charge in [-0.1, -0.05) is 0 Å². The van der Waals surface area contributed by atoms with Crippen molar-refractivity contribution < 1.29 is 23.8 Å². The standard InChI is InChI=1S/C20H24N2O5/c1-21-10-4-7-17(21)20(24)27-13-19(23)22-11-5-6-16(22)15-12-14(25-2)8-9-18(15)26-3/h4,7-10,12,16H,5-6,11,13H2,1-3H3/t16-/m1/s1. The van der Waals surface area contributed by atoms with Crippen LogP contribution in [0.5, 0.6) is 11.5 Å². The molecule has 1 aliphatic rings. The maximum absolute atomic E-state index is 12.7. The number of benzene rings is 1. The molecular formula is C20H24N2O5. The minimum Gasteiger partial charge on any atom is -0.497 e. The molecule has 144 valence electrons. The largest absolute Gasteiger partial charge is 0.497 e. The Kier molecular flexibility index (Phi) is 5.69. The maximum Gasteiger partial charge on any atom is 0.355 e. The van der Waals surface area contributed by atoms with Gasteiger partial charge in [0.1, 0.15) is 17.2 Å². The number of nitrogens with zero attached hydrogens (tertiary/aromatic N) is 2. The number of aromatic nitrogens is 1. The molecule has 1 atom stereocenters. The molecule has 1 aromatic carbocycles. The molecule has 1 aromatic heterocycles. The predicted molar refractivity (Wildman–Crippen MR) is 98.9 cm³/mol. The number of ether oxygens (including phenoxy) is 3. The normalized spacial score (nSPS) is 16.3. The first-order chi connectivity index (χ1) is 13.0. The molecule has 1 fully saturated rings. The average molecular weight is 372 g/mol.